The van der Waals surface area contributed by atoms with Crippen LogP contribution in [0, 0.1) is 0 Å². The molecule has 9 heavy (non-hydrogen) atoms. The summed E-state index contributed by atoms with van der Waals surface area (Å²) in [5.41, 5.74) is 4.87. The number of hydrogen-bond donors (Lipinski definition) is 1. The molecular formula is C5H10N2O2. The van der Waals surface area contributed by atoms with Gasteiger partial charge in [-0.05, 0) is 6.92 Å². The first-order valence-electron chi connectivity index (χ1n) is 2.56. The zero-order chi connectivity index (χ0) is 7.44. The summed E-state index contributed by atoms with van der Waals surface area (Å²) >= 11 is 0. The van der Waals surface area contributed by atoms with Gasteiger partial charge in [0, 0.05) is 7.05 Å². The lowest BCUT2D eigenvalue weighted by atomic mass is 10.3. The zero-order valence-corrected chi connectivity index (χ0v) is 5.50. The second-order valence-corrected chi connectivity index (χ2v) is 1.85. The van der Waals surface area contributed by atoms with Crippen molar-refractivity contribution < 1.29 is 9.59 Å². The smallest absolute Gasteiger partial charge is 0.239 e. The van der Waals surface area contributed by atoms with E-state index in [9.17, 15) is 9.59 Å². The Labute approximate surface area is 53.6 Å². The van der Waals surface area contributed by atoms with Gasteiger partial charge in [-0.2, -0.15) is 0 Å². The van der Waals surface area contributed by atoms with Gasteiger partial charge in [0.2, 0.25) is 12.3 Å². The average molecular weight is 130 g/mol. The molecule has 0 aliphatic heterocycles. The van der Waals surface area contributed by atoms with Crippen molar-refractivity contribution in [3.8, 4) is 0 Å². The van der Waals surface area contributed by atoms with Crippen LogP contribution in [0.15, 0.2) is 0 Å². The predicted octanol–water partition coefficient (Wildman–Crippen LogP) is -1.05. The van der Waals surface area contributed by atoms with Crippen molar-refractivity contribution in [1.29, 1.82) is 0 Å². The van der Waals surface area contributed by atoms with Crippen molar-refractivity contribution in [3.63, 3.8) is 0 Å². The summed E-state index contributed by atoms with van der Waals surface area (Å²) in [5.74, 6) is -0.496. The van der Waals surface area contributed by atoms with Gasteiger partial charge in [0.1, 0.15) is 6.04 Å². The van der Waals surface area contributed by atoms with E-state index >= 15 is 0 Å². The van der Waals surface area contributed by atoms with E-state index in [1.54, 1.807) is 6.92 Å². The van der Waals surface area contributed by atoms with Crippen molar-refractivity contribution in [1.82, 2.24) is 4.90 Å². The maximum Gasteiger partial charge on any atom is 0.239 e. The first kappa shape index (κ1) is 7.94. The van der Waals surface area contributed by atoms with Crippen molar-refractivity contribution >= 4 is 12.3 Å². The Morgan fingerprint density at radius 3 is 2.33 bits per heavy atom. The van der Waals surface area contributed by atoms with Gasteiger partial charge in [0.05, 0.1) is 0 Å². The molecule has 52 valence electrons. The molecule has 0 aromatic carbocycles. The van der Waals surface area contributed by atoms with Gasteiger partial charge in [-0.25, -0.2) is 0 Å². The van der Waals surface area contributed by atoms with Gasteiger partial charge in [-0.3, -0.25) is 9.59 Å². The molecule has 0 bridgehead atoms. The molecule has 1 unspecified atom stereocenters. The normalized spacial score (nSPS) is 12.2. The number of carbonyl (C=O) groups is 2. The lowest BCUT2D eigenvalue weighted by Gasteiger charge is -2.15. The number of primary amides is 1. The first-order valence-corrected chi connectivity index (χ1v) is 2.56. The second kappa shape index (κ2) is 3.06. The molecule has 0 rings (SSSR count). The fourth-order valence-electron chi connectivity index (χ4n) is 0.292. The Morgan fingerprint density at radius 2 is 2.22 bits per heavy atom. The van der Waals surface area contributed by atoms with Crippen LogP contribution in [0.25, 0.3) is 0 Å². The summed E-state index contributed by atoms with van der Waals surface area (Å²) in [7, 11) is 1.50. The average Bonchev–Trinajstić information content (AvgIpc) is 1.84. The van der Waals surface area contributed by atoms with Gasteiger partial charge in [-0.15, -0.1) is 0 Å². The number of likely N-dealkylation sites (N-methyl/N-ethyl adjacent to an activating group) is 1. The maximum absolute atomic E-state index is 10.3. The van der Waals surface area contributed by atoms with Crippen LogP contribution in [0.3, 0.4) is 0 Å². The third-order valence-electron chi connectivity index (χ3n) is 1.19. The minimum absolute atomic E-state index is 0.496. The van der Waals surface area contributed by atoms with Crippen LogP contribution in [0.5, 0.6) is 0 Å². The second-order valence-electron chi connectivity index (χ2n) is 1.85. The minimum Gasteiger partial charge on any atom is -0.368 e. The van der Waals surface area contributed by atoms with Crippen LogP contribution in [0.1, 0.15) is 6.92 Å². The van der Waals surface area contributed by atoms with Crippen LogP contribution < -0.4 is 5.73 Å². The molecule has 0 radical (unpaired) electrons. The summed E-state index contributed by atoms with van der Waals surface area (Å²) in [6.07, 6.45) is 0.565. The molecule has 0 saturated heterocycles. The van der Waals surface area contributed by atoms with Crippen LogP contribution in [-0.2, 0) is 9.59 Å². The molecule has 0 fully saturated rings. The fraction of sp³-hybridized carbons (Fsp3) is 0.600. The van der Waals surface area contributed by atoms with E-state index < -0.39 is 11.9 Å². The Hall–Kier alpha value is -1.06. The van der Waals surface area contributed by atoms with Crippen molar-refractivity contribution in [2.75, 3.05) is 7.05 Å². The lowest BCUT2D eigenvalue weighted by Crippen LogP contribution is -2.39. The van der Waals surface area contributed by atoms with Gasteiger partial charge in [-0.1, -0.05) is 0 Å². The topological polar surface area (TPSA) is 63.4 Å². The van der Waals surface area contributed by atoms with E-state index in [-0.39, 0.29) is 0 Å². The number of rotatable bonds is 3. The molecule has 0 aliphatic carbocycles. The molecule has 0 spiro atoms. The molecule has 4 heteroatoms. The Bertz CT molecular complexity index is 124. The highest BCUT2D eigenvalue weighted by Gasteiger charge is 2.11. The fourth-order valence-corrected chi connectivity index (χ4v) is 0.292. The standard InChI is InChI=1S/C5H10N2O2/c1-4(5(6)9)7(2)3-8/h3-4H,1-2H3,(H2,6,9). The number of nitrogens with zero attached hydrogens (tertiary/aromatic N) is 1. The quantitative estimate of drug-likeness (QED) is 0.495. The van der Waals surface area contributed by atoms with E-state index in [4.69, 9.17) is 5.73 Å². The van der Waals surface area contributed by atoms with Gasteiger partial charge in [0.25, 0.3) is 0 Å². The van der Waals surface area contributed by atoms with E-state index in [1.807, 2.05) is 0 Å². The molecule has 0 aromatic heterocycles. The number of nitrogens with two attached hydrogens (primary N) is 1. The Kier molecular flexibility index (Phi) is 2.70. The third-order valence-corrected chi connectivity index (χ3v) is 1.19. The highest BCUT2D eigenvalue weighted by molar-refractivity contribution is 5.81. The van der Waals surface area contributed by atoms with Crippen LogP contribution in [0.2, 0.25) is 0 Å². The van der Waals surface area contributed by atoms with Crippen LogP contribution in [0.4, 0.5) is 0 Å². The van der Waals surface area contributed by atoms with Gasteiger partial charge < -0.3 is 10.6 Å². The maximum atomic E-state index is 10.3. The molecular weight excluding hydrogens is 120 g/mol. The van der Waals surface area contributed by atoms with Crippen molar-refractivity contribution in [3.05, 3.63) is 0 Å². The van der Waals surface area contributed by atoms with Crippen molar-refractivity contribution in [2.45, 2.75) is 13.0 Å². The SMILES string of the molecule is CC(C(N)=O)N(C)C=O. The van der Waals surface area contributed by atoms with Gasteiger partial charge >= 0.3 is 0 Å². The highest BCUT2D eigenvalue weighted by atomic mass is 16.2. The van der Waals surface area contributed by atoms with Crippen LogP contribution in [-0.4, -0.2) is 30.3 Å². The van der Waals surface area contributed by atoms with Crippen LogP contribution >= 0.6 is 0 Å². The van der Waals surface area contributed by atoms with E-state index in [1.165, 1.54) is 11.9 Å². The molecule has 0 heterocycles. The zero-order valence-electron chi connectivity index (χ0n) is 5.50. The summed E-state index contributed by atoms with van der Waals surface area (Å²) in [5, 5.41) is 0. The Balaban J connectivity index is 3.86. The number of amides is 2. The largest absolute Gasteiger partial charge is 0.368 e. The molecule has 0 aromatic rings. The summed E-state index contributed by atoms with van der Waals surface area (Å²) in [4.78, 5) is 21.5. The summed E-state index contributed by atoms with van der Waals surface area (Å²) < 4.78 is 0. The number of carbonyl (C=O) groups excluding carboxylic acids is 2. The third kappa shape index (κ3) is 2.12. The van der Waals surface area contributed by atoms with E-state index in [2.05, 4.69) is 0 Å². The lowest BCUT2D eigenvalue weighted by molar-refractivity contribution is -0.128. The monoisotopic (exact) mass is 130 g/mol. The molecule has 0 saturated carbocycles. The summed E-state index contributed by atoms with van der Waals surface area (Å²) in [6.45, 7) is 1.57. The van der Waals surface area contributed by atoms with E-state index in [0.717, 1.165) is 0 Å². The predicted molar refractivity (Wildman–Crippen MR) is 32.5 cm³/mol. The highest BCUT2D eigenvalue weighted by Crippen LogP contribution is 1.87. The Morgan fingerprint density at radius 1 is 1.78 bits per heavy atom. The van der Waals surface area contributed by atoms with Gasteiger partial charge in [0.15, 0.2) is 0 Å². The first-order chi connectivity index (χ1) is 4.09. The molecule has 2 N–H and O–H groups in total. The minimum atomic E-state index is -0.512. The summed E-state index contributed by atoms with van der Waals surface area (Å²) in [6, 6.07) is -0.512. The molecule has 1 atom stereocenters. The molecule has 4 nitrogen and oxygen atoms in total. The molecule has 0 aliphatic rings. The number of hydrogen-bond acceptors (Lipinski definition) is 2. The molecule has 2 amide bonds. The van der Waals surface area contributed by atoms with Crippen molar-refractivity contribution in [2.24, 2.45) is 5.73 Å². The van der Waals surface area contributed by atoms with E-state index in [0.29, 0.717) is 6.41 Å².